The van der Waals surface area contributed by atoms with Crippen molar-refractivity contribution in [2.75, 3.05) is 13.2 Å². The van der Waals surface area contributed by atoms with Gasteiger partial charge in [-0.3, -0.25) is 4.79 Å². The van der Waals surface area contributed by atoms with E-state index in [4.69, 9.17) is 9.47 Å². The van der Waals surface area contributed by atoms with Gasteiger partial charge in [0.2, 0.25) is 6.29 Å². The van der Waals surface area contributed by atoms with Gasteiger partial charge in [-0.1, -0.05) is 58.4 Å². The Labute approximate surface area is 277 Å². The number of aliphatic hydroxyl groups excluding tert-OH is 8. The Morgan fingerprint density at radius 1 is 0.957 bits per heavy atom. The highest BCUT2D eigenvalue weighted by atomic mass is 16.7. The second-order valence-corrected chi connectivity index (χ2v) is 17.0. The molecule has 0 amide bonds. The van der Waals surface area contributed by atoms with Crippen molar-refractivity contribution in [1.82, 2.24) is 0 Å². The Balaban J connectivity index is 1.39. The normalized spacial score (nSPS) is 55.9. The highest BCUT2D eigenvalue weighted by molar-refractivity contribution is 5.80. The topological polar surface area (TPSA) is 197 Å². The number of esters is 1. The van der Waals surface area contributed by atoms with Gasteiger partial charge in [0.25, 0.3) is 0 Å². The van der Waals surface area contributed by atoms with Crippen LogP contribution in [0.3, 0.4) is 0 Å². The zero-order chi connectivity index (χ0) is 34.6. The lowest BCUT2D eigenvalue weighted by atomic mass is 9.33. The van der Waals surface area contributed by atoms with Crippen LogP contribution in [0.25, 0.3) is 0 Å². The van der Waals surface area contributed by atoms with Crippen molar-refractivity contribution in [3.63, 3.8) is 0 Å². The number of carbonyl (C=O) groups is 1. The van der Waals surface area contributed by atoms with Crippen LogP contribution in [0, 0.1) is 50.7 Å². The molecule has 11 heteroatoms. The Morgan fingerprint density at radius 2 is 1.64 bits per heavy atom. The second-order valence-electron chi connectivity index (χ2n) is 17.0. The molecule has 6 aliphatic rings. The van der Waals surface area contributed by atoms with Crippen molar-refractivity contribution < 1.29 is 55.1 Å². The molecule has 1 heterocycles. The highest BCUT2D eigenvalue weighted by Gasteiger charge is 2.72. The maximum absolute atomic E-state index is 14.4. The number of aliphatic hydroxyl groups is 8. The average Bonchev–Trinajstić information content (AvgIpc) is 3.02. The summed E-state index contributed by atoms with van der Waals surface area (Å²) in [7, 11) is 0. The molecule has 0 aromatic heterocycles. The molecule has 17 atom stereocenters. The summed E-state index contributed by atoms with van der Waals surface area (Å²) in [5.41, 5.74) is -1.63. The highest BCUT2D eigenvalue weighted by Crippen LogP contribution is 2.75. The molecule has 0 aromatic carbocycles. The van der Waals surface area contributed by atoms with Crippen molar-refractivity contribution in [3.05, 3.63) is 23.8 Å². The fourth-order valence-corrected chi connectivity index (χ4v) is 12.1. The minimum absolute atomic E-state index is 0.00743. The predicted molar refractivity (Wildman–Crippen MR) is 169 cm³/mol. The van der Waals surface area contributed by atoms with Crippen LogP contribution >= 0.6 is 0 Å². The van der Waals surface area contributed by atoms with Crippen molar-refractivity contribution in [1.29, 1.82) is 0 Å². The van der Waals surface area contributed by atoms with Gasteiger partial charge in [-0.25, -0.2) is 0 Å². The van der Waals surface area contributed by atoms with Gasteiger partial charge >= 0.3 is 5.97 Å². The van der Waals surface area contributed by atoms with E-state index in [2.05, 4.69) is 40.3 Å². The van der Waals surface area contributed by atoms with E-state index in [-0.39, 0.29) is 24.4 Å². The summed E-state index contributed by atoms with van der Waals surface area (Å²) in [5, 5.41) is 85.7. The van der Waals surface area contributed by atoms with Gasteiger partial charge in [0.15, 0.2) is 0 Å². The van der Waals surface area contributed by atoms with Crippen LogP contribution in [0.5, 0.6) is 0 Å². The molecule has 11 nitrogen and oxygen atoms in total. The van der Waals surface area contributed by atoms with Crippen LogP contribution in [-0.4, -0.2) is 109 Å². The quantitative estimate of drug-likeness (QED) is 0.159. The summed E-state index contributed by atoms with van der Waals surface area (Å²) < 4.78 is 11.4. The molecule has 8 N–H and O–H groups in total. The Hall–Kier alpha value is -1.41. The molecule has 5 aliphatic carbocycles. The Morgan fingerprint density at radius 3 is 2.28 bits per heavy atom. The lowest BCUT2D eigenvalue weighted by Gasteiger charge is -2.72. The first-order valence-electron chi connectivity index (χ1n) is 17.4. The monoisotopic (exact) mass is 664 g/mol. The maximum Gasteiger partial charge on any atom is 0.315 e. The number of allylic oxidation sites excluding steroid dienone is 3. The molecule has 0 spiro atoms. The van der Waals surface area contributed by atoms with Crippen molar-refractivity contribution in [2.24, 2.45) is 50.7 Å². The molecule has 4 saturated carbocycles. The summed E-state index contributed by atoms with van der Waals surface area (Å²) in [4.78, 5) is 14.4. The second kappa shape index (κ2) is 11.6. The molecule has 6 rings (SSSR count). The van der Waals surface area contributed by atoms with Gasteiger partial charge in [-0.05, 0) is 73.0 Å². The molecule has 1 aliphatic heterocycles. The largest absolute Gasteiger partial charge is 0.432 e. The minimum Gasteiger partial charge on any atom is -0.432 e. The Kier molecular flexibility index (Phi) is 8.72. The molecule has 5 fully saturated rings. The fraction of sp³-hybridized carbons (Fsp3) is 0.861. The zero-order valence-electron chi connectivity index (χ0n) is 28.4. The molecule has 1 saturated heterocycles. The summed E-state index contributed by atoms with van der Waals surface area (Å²) in [6, 6.07) is 0. The summed E-state index contributed by atoms with van der Waals surface area (Å²) in [6.07, 6.45) is -4.90. The molecule has 0 bridgehead atoms. The third-order valence-electron chi connectivity index (χ3n) is 14.9. The van der Waals surface area contributed by atoms with Crippen LogP contribution in [0.4, 0.5) is 0 Å². The minimum atomic E-state index is -1.70. The van der Waals surface area contributed by atoms with E-state index in [1.165, 1.54) is 0 Å². The molecule has 47 heavy (non-hydrogen) atoms. The standard InChI is InChI=1S/C36H56O11/c1-17-9-10-36(31(45)47-30-27(43)26(42)25(41)22(15-37)46-30)12-11-34(5)19(24(36)18(17)2)7-8-23-32(3)13-21(40)29(44)33(4,16-38)28(32)20(39)14-35(23,34)6/h7,17,20-30,37-44H,2,8-16H2,1,3-6H3. The number of hydrogen-bond donors (Lipinski definition) is 8. The van der Waals surface area contributed by atoms with E-state index in [1.807, 2.05) is 0 Å². The number of carbonyl (C=O) groups excluding carboxylic acids is 1. The molecule has 17 unspecified atom stereocenters. The van der Waals surface area contributed by atoms with Crippen LogP contribution in [0.2, 0.25) is 0 Å². The third-order valence-corrected chi connectivity index (χ3v) is 14.9. The fourth-order valence-electron chi connectivity index (χ4n) is 12.1. The van der Waals surface area contributed by atoms with Gasteiger partial charge in [0, 0.05) is 17.3 Å². The first-order valence-corrected chi connectivity index (χ1v) is 17.4. The first-order chi connectivity index (χ1) is 21.9. The Bertz CT molecular complexity index is 1300. The molecular weight excluding hydrogens is 608 g/mol. The molecule has 0 aromatic rings. The lowest BCUT2D eigenvalue weighted by molar-refractivity contribution is -0.297. The van der Waals surface area contributed by atoms with Crippen LogP contribution < -0.4 is 0 Å². The summed E-state index contributed by atoms with van der Waals surface area (Å²) in [6.45, 7) is 14.0. The van der Waals surface area contributed by atoms with Crippen LogP contribution in [-0.2, 0) is 14.3 Å². The van der Waals surface area contributed by atoms with E-state index in [0.717, 1.165) is 11.1 Å². The van der Waals surface area contributed by atoms with E-state index in [0.29, 0.717) is 44.9 Å². The zero-order valence-corrected chi connectivity index (χ0v) is 28.4. The van der Waals surface area contributed by atoms with Gasteiger partial charge in [0.05, 0.1) is 36.9 Å². The third kappa shape index (κ3) is 4.60. The molecule has 0 radical (unpaired) electrons. The molecule has 266 valence electrons. The van der Waals surface area contributed by atoms with Gasteiger partial charge < -0.3 is 50.3 Å². The van der Waals surface area contributed by atoms with E-state index < -0.39 is 94.6 Å². The van der Waals surface area contributed by atoms with Gasteiger partial charge in [0.1, 0.15) is 24.4 Å². The van der Waals surface area contributed by atoms with E-state index in [1.54, 1.807) is 6.92 Å². The van der Waals surface area contributed by atoms with Crippen molar-refractivity contribution in [3.8, 4) is 0 Å². The average molecular weight is 665 g/mol. The lowest BCUT2D eigenvalue weighted by Crippen LogP contribution is -2.71. The van der Waals surface area contributed by atoms with Crippen LogP contribution in [0.1, 0.15) is 79.6 Å². The number of rotatable bonds is 4. The van der Waals surface area contributed by atoms with E-state index in [9.17, 15) is 45.6 Å². The summed E-state index contributed by atoms with van der Waals surface area (Å²) >= 11 is 0. The number of ether oxygens (including phenoxy) is 2. The maximum atomic E-state index is 14.4. The smallest absolute Gasteiger partial charge is 0.315 e. The molecular formula is C36H56O11. The van der Waals surface area contributed by atoms with Crippen molar-refractivity contribution >= 4 is 5.97 Å². The van der Waals surface area contributed by atoms with Gasteiger partial charge in [-0.15, -0.1) is 0 Å². The van der Waals surface area contributed by atoms with E-state index >= 15 is 0 Å². The predicted octanol–water partition coefficient (Wildman–Crippen LogP) is 1.18. The SMILES string of the molecule is C=C1C(C)CCC2(C(=O)OC3OC(CO)C(O)C(O)C3O)CCC3(C)C(=CCC4C5(C)CC(O)C(O)C(C)(CO)C5C(O)CC43C)C12. The van der Waals surface area contributed by atoms with Crippen LogP contribution in [0.15, 0.2) is 23.8 Å². The van der Waals surface area contributed by atoms with Crippen molar-refractivity contribution in [2.45, 2.75) is 129 Å². The first kappa shape index (κ1) is 35.4. The van der Waals surface area contributed by atoms with Gasteiger partial charge in [-0.2, -0.15) is 0 Å². The number of hydrogen-bond acceptors (Lipinski definition) is 11. The summed E-state index contributed by atoms with van der Waals surface area (Å²) in [5.74, 6) is -1.26. The number of fused-ring (bicyclic) bond motifs is 7.